The van der Waals surface area contributed by atoms with E-state index in [1.54, 1.807) is 11.3 Å². The molecule has 0 radical (unpaired) electrons. The minimum Gasteiger partial charge on any atom is -0.316 e. The molecule has 0 spiro atoms. The van der Waals surface area contributed by atoms with E-state index in [1.807, 2.05) is 26.1 Å². The second-order valence-corrected chi connectivity index (χ2v) is 5.78. The van der Waals surface area contributed by atoms with E-state index in [4.69, 9.17) is 11.6 Å². The summed E-state index contributed by atoms with van der Waals surface area (Å²) in [5, 5.41) is 7.44. The minimum atomic E-state index is 0.414. The molecular formula is C14H17ClN2S. The van der Waals surface area contributed by atoms with Crippen LogP contribution in [-0.2, 0) is 12.8 Å². The fourth-order valence-corrected chi connectivity index (χ4v) is 2.87. The lowest BCUT2D eigenvalue weighted by Crippen LogP contribution is -2.29. The Morgan fingerprint density at radius 3 is 2.56 bits per heavy atom. The van der Waals surface area contributed by atoms with Crippen LogP contribution < -0.4 is 5.32 Å². The van der Waals surface area contributed by atoms with Crippen LogP contribution in [0.5, 0.6) is 0 Å². The number of hydrogen-bond acceptors (Lipinski definition) is 3. The highest BCUT2D eigenvalue weighted by atomic mass is 35.5. The molecule has 1 aromatic heterocycles. The highest BCUT2D eigenvalue weighted by molar-refractivity contribution is 7.09. The van der Waals surface area contributed by atoms with Gasteiger partial charge in [0.25, 0.3) is 0 Å². The zero-order chi connectivity index (χ0) is 13.0. The van der Waals surface area contributed by atoms with E-state index in [0.717, 1.165) is 23.6 Å². The Labute approximate surface area is 117 Å². The van der Waals surface area contributed by atoms with Crippen LogP contribution in [0.2, 0.25) is 5.02 Å². The minimum absolute atomic E-state index is 0.414. The Hall–Kier alpha value is -0.900. The Kier molecular flexibility index (Phi) is 4.75. The molecule has 18 heavy (non-hydrogen) atoms. The predicted molar refractivity (Wildman–Crippen MR) is 78.6 cm³/mol. The van der Waals surface area contributed by atoms with Gasteiger partial charge in [-0.1, -0.05) is 23.7 Å². The first-order valence-corrected chi connectivity index (χ1v) is 7.26. The van der Waals surface area contributed by atoms with Gasteiger partial charge in [-0.2, -0.15) is 0 Å². The van der Waals surface area contributed by atoms with E-state index < -0.39 is 0 Å². The predicted octanol–water partition coefficient (Wildman–Crippen LogP) is 3.48. The largest absolute Gasteiger partial charge is 0.316 e. The molecule has 0 aliphatic heterocycles. The average Bonchev–Trinajstić information content (AvgIpc) is 2.77. The smallest absolute Gasteiger partial charge is 0.0943 e. The number of nitrogens with zero attached hydrogens (tertiary/aromatic N) is 1. The third-order valence-electron chi connectivity index (χ3n) is 2.89. The van der Waals surface area contributed by atoms with Gasteiger partial charge < -0.3 is 5.32 Å². The lowest BCUT2D eigenvalue weighted by Gasteiger charge is -2.14. The molecule has 0 bridgehead atoms. The van der Waals surface area contributed by atoms with Crippen molar-refractivity contribution in [1.29, 1.82) is 0 Å². The third kappa shape index (κ3) is 3.80. The zero-order valence-corrected chi connectivity index (χ0v) is 12.2. The first-order valence-electron chi connectivity index (χ1n) is 6.00. The summed E-state index contributed by atoms with van der Waals surface area (Å²) in [5.74, 6) is 0. The fraction of sp³-hybridized carbons (Fsp3) is 0.357. The Balaban J connectivity index is 1.99. The summed E-state index contributed by atoms with van der Waals surface area (Å²) in [7, 11) is 2.00. The third-order valence-corrected chi connectivity index (χ3v) is 4.13. The highest BCUT2D eigenvalue weighted by Crippen LogP contribution is 2.15. The van der Waals surface area contributed by atoms with Gasteiger partial charge in [0, 0.05) is 28.6 Å². The molecule has 2 nitrogen and oxygen atoms in total. The van der Waals surface area contributed by atoms with Gasteiger partial charge >= 0.3 is 0 Å². The van der Waals surface area contributed by atoms with E-state index in [2.05, 4.69) is 27.8 Å². The van der Waals surface area contributed by atoms with Gasteiger partial charge in [0.05, 0.1) is 5.01 Å². The summed E-state index contributed by atoms with van der Waals surface area (Å²) >= 11 is 7.62. The summed E-state index contributed by atoms with van der Waals surface area (Å²) in [6.07, 6.45) is 1.96. The van der Waals surface area contributed by atoms with Gasteiger partial charge in [-0.25, -0.2) is 4.98 Å². The number of rotatable bonds is 5. The van der Waals surface area contributed by atoms with Crippen molar-refractivity contribution in [1.82, 2.24) is 10.3 Å². The van der Waals surface area contributed by atoms with Crippen LogP contribution in [-0.4, -0.2) is 18.1 Å². The molecule has 1 unspecified atom stereocenters. The second kappa shape index (κ2) is 6.32. The molecule has 0 aliphatic carbocycles. The zero-order valence-electron chi connectivity index (χ0n) is 10.6. The first kappa shape index (κ1) is 13.5. The van der Waals surface area contributed by atoms with Crippen molar-refractivity contribution in [2.45, 2.75) is 25.8 Å². The molecule has 0 amide bonds. The van der Waals surface area contributed by atoms with Crippen LogP contribution in [0.15, 0.2) is 29.6 Å². The van der Waals surface area contributed by atoms with E-state index in [1.165, 1.54) is 10.6 Å². The normalized spacial score (nSPS) is 12.6. The molecule has 4 heteroatoms. The molecule has 1 heterocycles. The molecule has 1 aromatic carbocycles. The van der Waals surface area contributed by atoms with Gasteiger partial charge in [-0.15, -0.1) is 11.3 Å². The Morgan fingerprint density at radius 2 is 2.00 bits per heavy atom. The standard InChI is InChI=1S/C14H17ClN2S/c1-10-9-18-14(17-10)8-13(16-2)7-11-3-5-12(15)6-4-11/h3-6,9,13,16H,7-8H2,1-2H3. The van der Waals surface area contributed by atoms with Crippen molar-refractivity contribution >= 4 is 22.9 Å². The van der Waals surface area contributed by atoms with Gasteiger partial charge in [-0.3, -0.25) is 0 Å². The summed E-state index contributed by atoms with van der Waals surface area (Å²) in [6.45, 7) is 2.04. The maximum Gasteiger partial charge on any atom is 0.0943 e. The highest BCUT2D eigenvalue weighted by Gasteiger charge is 2.10. The molecule has 0 aliphatic rings. The second-order valence-electron chi connectivity index (χ2n) is 4.40. The molecule has 0 fully saturated rings. The molecule has 0 saturated carbocycles. The van der Waals surface area contributed by atoms with Crippen LogP contribution >= 0.6 is 22.9 Å². The first-order chi connectivity index (χ1) is 8.67. The van der Waals surface area contributed by atoms with E-state index >= 15 is 0 Å². The summed E-state index contributed by atoms with van der Waals surface area (Å²) < 4.78 is 0. The number of hydrogen-bond donors (Lipinski definition) is 1. The van der Waals surface area contributed by atoms with Crippen LogP contribution in [0.1, 0.15) is 16.3 Å². The van der Waals surface area contributed by atoms with Gasteiger partial charge in [0.15, 0.2) is 0 Å². The summed E-state index contributed by atoms with van der Waals surface area (Å²) in [6, 6.07) is 8.46. The van der Waals surface area contributed by atoms with Crippen LogP contribution in [0.3, 0.4) is 0 Å². The molecule has 1 N–H and O–H groups in total. The summed E-state index contributed by atoms with van der Waals surface area (Å²) in [5.41, 5.74) is 2.41. The number of likely N-dealkylation sites (N-methyl/N-ethyl adjacent to an activating group) is 1. The number of aromatic nitrogens is 1. The maximum atomic E-state index is 5.89. The molecule has 0 saturated heterocycles. The van der Waals surface area contributed by atoms with Crippen molar-refractivity contribution in [2.75, 3.05) is 7.05 Å². The van der Waals surface area contributed by atoms with Crippen LogP contribution in [0, 0.1) is 6.92 Å². The monoisotopic (exact) mass is 280 g/mol. The van der Waals surface area contributed by atoms with Crippen molar-refractivity contribution < 1.29 is 0 Å². The topological polar surface area (TPSA) is 24.9 Å². The maximum absolute atomic E-state index is 5.89. The number of benzene rings is 1. The van der Waals surface area contributed by atoms with Gasteiger partial charge in [-0.05, 0) is 38.1 Å². The SMILES string of the molecule is CNC(Cc1ccc(Cl)cc1)Cc1nc(C)cs1. The fourth-order valence-electron chi connectivity index (χ4n) is 1.89. The van der Waals surface area contributed by atoms with Gasteiger partial charge in [0.2, 0.25) is 0 Å². The number of aryl methyl sites for hydroxylation is 1. The molecule has 1 atom stereocenters. The lowest BCUT2D eigenvalue weighted by atomic mass is 10.0. The number of thiazole rings is 1. The number of nitrogens with one attached hydrogen (secondary N) is 1. The van der Waals surface area contributed by atoms with Crippen molar-refractivity contribution in [3.63, 3.8) is 0 Å². The molecule has 96 valence electrons. The van der Waals surface area contributed by atoms with Gasteiger partial charge in [0.1, 0.15) is 0 Å². The van der Waals surface area contributed by atoms with E-state index in [-0.39, 0.29) is 0 Å². The Bertz CT molecular complexity index is 493. The average molecular weight is 281 g/mol. The van der Waals surface area contributed by atoms with Crippen LogP contribution in [0.25, 0.3) is 0 Å². The van der Waals surface area contributed by atoms with E-state index in [0.29, 0.717) is 6.04 Å². The molecule has 2 rings (SSSR count). The van der Waals surface area contributed by atoms with Crippen LogP contribution in [0.4, 0.5) is 0 Å². The number of halogens is 1. The quantitative estimate of drug-likeness (QED) is 0.907. The lowest BCUT2D eigenvalue weighted by molar-refractivity contribution is 0.555. The molecular weight excluding hydrogens is 264 g/mol. The molecule has 2 aromatic rings. The van der Waals surface area contributed by atoms with Crippen molar-refractivity contribution in [3.05, 3.63) is 50.9 Å². The Morgan fingerprint density at radius 1 is 1.28 bits per heavy atom. The van der Waals surface area contributed by atoms with Crippen molar-refractivity contribution in [3.8, 4) is 0 Å². The van der Waals surface area contributed by atoms with Crippen molar-refractivity contribution in [2.24, 2.45) is 0 Å². The summed E-state index contributed by atoms with van der Waals surface area (Å²) in [4.78, 5) is 4.51. The van der Waals surface area contributed by atoms with E-state index in [9.17, 15) is 0 Å².